The highest BCUT2D eigenvalue weighted by Crippen LogP contribution is 2.41. The van der Waals surface area contributed by atoms with Crippen LogP contribution in [0.4, 0.5) is 4.39 Å². The maximum absolute atomic E-state index is 13.3. The summed E-state index contributed by atoms with van der Waals surface area (Å²) in [6, 6.07) is 5.96. The van der Waals surface area contributed by atoms with Gasteiger partial charge in [0.25, 0.3) is 5.91 Å². The summed E-state index contributed by atoms with van der Waals surface area (Å²) in [6.07, 6.45) is 0.775. The van der Waals surface area contributed by atoms with Crippen LogP contribution in [-0.4, -0.2) is 41.4 Å². The molecule has 2 amide bonds. The predicted molar refractivity (Wildman–Crippen MR) is 91.3 cm³/mol. The van der Waals surface area contributed by atoms with Gasteiger partial charge >= 0.3 is 5.97 Å². The second-order valence-electron chi connectivity index (χ2n) is 6.70. The van der Waals surface area contributed by atoms with Gasteiger partial charge in [-0.25, -0.2) is 9.18 Å². The Kier molecular flexibility index (Phi) is 4.80. The SMILES string of the molecule is CC(=O)N1CCC2(CC1)OC(=O)C(C)=C2C(=O)NCc1cccc(F)c1. The van der Waals surface area contributed by atoms with E-state index in [1.807, 2.05) is 0 Å². The van der Waals surface area contributed by atoms with Crippen molar-refractivity contribution < 1.29 is 23.5 Å². The summed E-state index contributed by atoms with van der Waals surface area (Å²) in [5.41, 5.74) is 0.251. The number of hydrogen-bond donors (Lipinski definition) is 1. The minimum Gasteiger partial charge on any atom is -0.450 e. The first kappa shape index (κ1) is 18.1. The number of likely N-dealkylation sites (tertiary alicyclic amines) is 1. The number of piperidine rings is 1. The molecular formula is C19H21FN2O4. The fourth-order valence-corrected chi connectivity index (χ4v) is 3.58. The maximum Gasteiger partial charge on any atom is 0.335 e. The van der Waals surface area contributed by atoms with Crippen LogP contribution in [0.25, 0.3) is 0 Å². The van der Waals surface area contributed by atoms with E-state index >= 15 is 0 Å². The highest BCUT2D eigenvalue weighted by Gasteiger charge is 2.50. The van der Waals surface area contributed by atoms with Crippen LogP contribution in [0.1, 0.15) is 32.3 Å². The number of benzene rings is 1. The van der Waals surface area contributed by atoms with E-state index in [0.717, 1.165) is 0 Å². The van der Waals surface area contributed by atoms with E-state index in [1.54, 1.807) is 24.0 Å². The van der Waals surface area contributed by atoms with Gasteiger partial charge in [0.05, 0.1) is 5.57 Å². The highest BCUT2D eigenvalue weighted by molar-refractivity contribution is 6.07. The third kappa shape index (κ3) is 3.34. The van der Waals surface area contributed by atoms with Crippen molar-refractivity contribution in [1.82, 2.24) is 10.2 Å². The third-order valence-corrected chi connectivity index (χ3v) is 5.01. The number of carbonyl (C=O) groups is 3. The Labute approximate surface area is 151 Å². The molecule has 1 saturated heterocycles. The molecule has 138 valence electrons. The van der Waals surface area contributed by atoms with E-state index in [1.165, 1.54) is 19.1 Å². The van der Waals surface area contributed by atoms with Crippen LogP contribution < -0.4 is 5.32 Å². The summed E-state index contributed by atoms with van der Waals surface area (Å²) in [7, 11) is 0. The molecule has 2 heterocycles. The molecule has 2 aliphatic heterocycles. The highest BCUT2D eigenvalue weighted by atomic mass is 19.1. The number of nitrogens with one attached hydrogen (secondary N) is 1. The molecule has 7 heteroatoms. The molecule has 3 rings (SSSR count). The monoisotopic (exact) mass is 360 g/mol. The lowest BCUT2D eigenvalue weighted by atomic mass is 9.82. The van der Waals surface area contributed by atoms with Crippen molar-refractivity contribution in [3.05, 3.63) is 46.8 Å². The van der Waals surface area contributed by atoms with Crippen LogP contribution in [0, 0.1) is 5.82 Å². The second kappa shape index (κ2) is 6.90. The fraction of sp³-hybridized carbons (Fsp3) is 0.421. The Morgan fingerprint density at radius 1 is 1.31 bits per heavy atom. The molecule has 1 fully saturated rings. The predicted octanol–water partition coefficient (Wildman–Crippen LogP) is 1.70. The normalized spacial score (nSPS) is 18.9. The lowest BCUT2D eigenvalue weighted by Gasteiger charge is -2.39. The number of carbonyl (C=O) groups excluding carboxylic acids is 3. The number of ether oxygens (including phenoxy) is 1. The third-order valence-electron chi connectivity index (χ3n) is 5.01. The maximum atomic E-state index is 13.3. The van der Waals surface area contributed by atoms with Crippen LogP contribution in [0.15, 0.2) is 35.4 Å². The molecule has 2 aliphatic rings. The first-order valence-electron chi connectivity index (χ1n) is 8.55. The Bertz CT molecular complexity index is 794. The molecule has 0 saturated carbocycles. The molecule has 1 N–H and O–H groups in total. The molecule has 0 atom stereocenters. The molecule has 1 aromatic carbocycles. The zero-order valence-electron chi connectivity index (χ0n) is 14.8. The molecule has 1 spiro atoms. The van der Waals surface area contributed by atoms with Crippen LogP contribution >= 0.6 is 0 Å². The summed E-state index contributed by atoms with van der Waals surface area (Å²) in [5.74, 6) is -1.31. The summed E-state index contributed by atoms with van der Waals surface area (Å²) < 4.78 is 18.8. The van der Waals surface area contributed by atoms with Gasteiger partial charge in [-0.1, -0.05) is 12.1 Å². The first-order chi connectivity index (χ1) is 12.3. The quantitative estimate of drug-likeness (QED) is 0.833. The molecule has 6 nitrogen and oxygen atoms in total. The smallest absolute Gasteiger partial charge is 0.335 e. The van der Waals surface area contributed by atoms with Crippen LogP contribution in [0.5, 0.6) is 0 Å². The Hall–Kier alpha value is -2.70. The van der Waals surface area contributed by atoms with Crippen molar-refractivity contribution in [2.75, 3.05) is 13.1 Å². The van der Waals surface area contributed by atoms with E-state index in [9.17, 15) is 18.8 Å². The van der Waals surface area contributed by atoms with Gasteiger partial charge in [-0.05, 0) is 24.6 Å². The van der Waals surface area contributed by atoms with Crippen molar-refractivity contribution in [2.45, 2.75) is 38.8 Å². The largest absolute Gasteiger partial charge is 0.450 e. The molecule has 26 heavy (non-hydrogen) atoms. The van der Waals surface area contributed by atoms with Gasteiger partial charge in [0.2, 0.25) is 5.91 Å². The number of esters is 1. The number of rotatable bonds is 3. The summed E-state index contributed by atoms with van der Waals surface area (Å²) >= 11 is 0. The number of halogens is 1. The minimum absolute atomic E-state index is 0.0398. The van der Waals surface area contributed by atoms with E-state index < -0.39 is 17.5 Å². The number of nitrogens with zero attached hydrogens (tertiary/aromatic N) is 1. The molecule has 0 aliphatic carbocycles. The lowest BCUT2D eigenvalue weighted by molar-refractivity contribution is -0.152. The number of amides is 2. The fourth-order valence-electron chi connectivity index (χ4n) is 3.58. The van der Waals surface area contributed by atoms with Gasteiger partial charge < -0.3 is 15.0 Å². The van der Waals surface area contributed by atoms with Crippen LogP contribution in [0.2, 0.25) is 0 Å². The Morgan fingerprint density at radius 3 is 2.62 bits per heavy atom. The molecule has 0 bridgehead atoms. The topological polar surface area (TPSA) is 75.7 Å². The average molecular weight is 360 g/mol. The summed E-state index contributed by atoms with van der Waals surface area (Å²) in [4.78, 5) is 38.1. The summed E-state index contributed by atoms with van der Waals surface area (Å²) in [5, 5.41) is 2.75. The second-order valence-corrected chi connectivity index (χ2v) is 6.70. The van der Waals surface area contributed by atoms with Gasteiger partial charge in [-0.15, -0.1) is 0 Å². The van der Waals surface area contributed by atoms with Crippen LogP contribution in [0.3, 0.4) is 0 Å². The van der Waals surface area contributed by atoms with Crippen molar-refractivity contribution in [3.8, 4) is 0 Å². The van der Waals surface area contributed by atoms with Crippen LogP contribution in [-0.2, 0) is 25.7 Å². The van der Waals surface area contributed by atoms with Crippen molar-refractivity contribution in [1.29, 1.82) is 0 Å². The van der Waals surface area contributed by atoms with Gasteiger partial charge in [-0.3, -0.25) is 9.59 Å². The molecule has 0 radical (unpaired) electrons. The zero-order chi connectivity index (χ0) is 18.9. The van der Waals surface area contributed by atoms with Gasteiger partial charge in [0.1, 0.15) is 11.4 Å². The van der Waals surface area contributed by atoms with E-state index in [0.29, 0.717) is 37.1 Å². The molecule has 1 aromatic rings. The average Bonchev–Trinajstić information content (AvgIpc) is 2.83. The van der Waals surface area contributed by atoms with Crippen molar-refractivity contribution in [2.24, 2.45) is 0 Å². The molecule has 0 aromatic heterocycles. The van der Waals surface area contributed by atoms with Gasteiger partial charge in [-0.2, -0.15) is 0 Å². The van der Waals surface area contributed by atoms with E-state index in [2.05, 4.69) is 5.32 Å². The van der Waals surface area contributed by atoms with Gasteiger partial charge in [0, 0.05) is 45.0 Å². The summed E-state index contributed by atoms with van der Waals surface area (Å²) in [6.45, 7) is 4.07. The van der Waals surface area contributed by atoms with Gasteiger partial charge in [0.15, 0.2) is 0 Å². The van der Waals surface area contributed by atoms with E-state index in [-0.39, 0.29) is 23.8 Å². The Balaban J connectivity index is 1.76. The molecular weight excluding hydrogens is 339 g/mol. The van der Waals surface area contributed by atoms with E-state index in [4.69, 9.17) is 4.74 Å². The minimum atomic E-state index is -0.987. The van der Waals surface area contributed by atoms with Crippen molar-refractivity contribution >= 4 is 17.8 Å². The standard InChI is InChI=1S/C19H21FN2O4/c1-12-16(17(24)21-11-14-4-3-5-15(20)10-14)19(26-18(12)25)6-8-22(9-7-19)13(2)23/h3-5,10H,6-9,11H2,1-2H3,(H,21,24). The lowest BCUT2D eigenvalue weighted by Crippen LogP contribution is -2.49. The first-order valence-corrected chi connectivity index (χ1v) is 8.55. The molecule has 0 unspecified atom stereocenters. The Morgan fingerprint density at radius 2 is 2.00 bits per heavy atom. The zero-order valence-corrected chi connectivity index (χ0v) is 14.8. The van der Waals surface area contributed by atoms with Crippen molar-refractivity contribution in [3.63, 3.8) is 0 Å². The number of hydrogen-bond acceptors (Lipinski definition) is 4.